The molecule has 0 amide bonds. The van der Waals surface area contributed by atoms with Gasteiger partial charge < -0.3 is 5.32 Å². The van der Waals surface area contributed by atoms with Gasteiger partial charge in [-0.2, -0.15) is 0 Å². The SMILES string of the molecule is CCCC1CCN(Cc2cc(NCC)ccn2)CC1. The van der Waals surface area contributed by atoms with Gasteiger partial charge in [0.25, 0.3) is 0 Å². The van der Waals surface area contributed by atoms with E-state index in [1.807, 2.05) is 12.3 Å². The van der Waals surface area contributed by atoms with Crippen LogP contribution in [0.3, 0.4) is 0 Å². The van der Waals surface area contributed by atoms with E-state index in [0.29, 0.717) is 0 Å². The van der Waals surface area contributed by atoms with E-state index in [1.54, 1.807) is 0 Å². The predicted molar refractivity (Wildman–Crippen MR) is 81.3 cm³/mol. The highest BCUT2D eigenvalue weighted by molar-refractivity contribution is 5.42. The average molecular weight is 261 g/mol. The first-order valence-corrected chi connectivity index (χ1v) is 7.73. The molecule has 1 aliphatic heterocycles. The topological polar surface area (TPSA) is 28.2 Å². The van der Waals surface area contributed by atoms with E-state index in [2.05, 4.69) is 35.1 Å². The quantitative estimate of drug-likeness (QED) is 0.849. The van der Waals surface area contributed by atoms with Crippen molar-refractivity contribution in [2.75, 3.05) is 25.0 Å². The van der Waals surface area contributed by atoms with E-state index in [9.17, 15) is 0 Å². The highest BCUT2D eigenvalue weighted by Gasteiger charge is 2.18. The molecule has 1 fully saturated rings. The molecule has 1 N–H and O–H groups in total. The number of pyridine rings is 1. The highest BCUT2D eigenvalue weighted by Crippen LogP contribution is 2.22. The van der Waals surface area contributed by atoms with E-state index < -0.39 is 0 Å². The standard InChI is InChI=1S/C16H27N3/c1-3-5-14-7-10-19(11-8-14)13-16-12-15(17-4-2)6-9-18-16/h6,9,12,14H,3-5,7-8,10-11,13H2,1-2H3,(H,17,18). The van der Waals surface area contributed by atoms with Crippen LogP contribution in [0.25, 0.3) is 0 Å². The van der Waals surface area contributed by atoms with Crippen molar-refractivity contribution in [2.45, 2.75) is 46.1 Å². The molecule has 1 aromatic rings. The summed E-state index contributed by atoms with van der Waals surface area (Å²) in [6.45, 7) is 8.85. The summed E-state index contributed by atoms with van der Waals surface area (Å²) < 4.78 is 0. The smallest absolute Gasteiger partial charge is 0.0564 e. The molecule has 0 radical (unpaired) electrons. The lowest BCUT2D eigenvalue weighted by Gasteiger charge is -2.31. The van der Waals surface area contributed by atoms with Crippen molar-refractivity contribution in [1.29, 1.82) is 0 Å². The monoisotopic (exact) mass is 261 g/mol. The minimum atomic E-state index is 0.960. The molecule has 3 heteroatoms. The molecule has 2 rings (SSSR count). The van der Waals surface area contributed by atoms with E-state index in [1.165, 1.54) is 50.2 Å². The zero-order valence-corrected chi connectivity index (χ0v) is 12.4. The van der Waals surface area contributed by atoms with Crippen LogP contribution in [0.4, 0.5) is 5.69 Å². The Morgan fingerprint density at radius 2 is 2.11 bits per heavy atom. The van der Waals surface area contributed by atoms with Crippen LogP contribution in [0.5, 0.6) is 0 Å². The van der Waals surface area contributed by atoms with Crippen molar-refractivity contribution in [3.63, 3.8) is 0 Å². The Morgan fingerprint density at radius 1 is 1.32 bits per heavy atom. The Kier molecular flexibility index (Phi) is 5.64. The molecule has 3 nitrogen and oxygen atoms in total. The number of hydrogen-bond acceptors (Lipinski definition) is 3. The van der Waals surface area contributed by atoms with Gasteiger partial charge in [-0.1, -0.05) is 19.8 Å². The number of aromatic nitrogens is 1. The van der Waals surface area contributed by atoms with E-state index >= 15 is 0 Å². The number of likely N-dealkylation sites (tertiary alicyclic amines) is 1. The molecule has 1 saturated heterocycles. The fraction of sp³-hybridized carbons (Fsp3) is 0.688. The zero-order chi connectivity index (χ0) is 13.5. The van der Waals surface area contributed by atoms with E-state index in [0.717, 1.165) is 19.0 Å². The molecule has 0 unspecified atom stereocenters. The minimum Gasteiger partial charge on any atom is -0.385 e. The molecular weight excluding hydrogens is 234 g/mol. The predicted octanol–water partition coefficient (Wildman–Crippen LogP) is 3.53. The van der Waals surface area contributed by atoms with Crippen LogP contribution in [0.2, 0.25) is 0 Å². The Hall–Kier alpha value is -1.09. The summed E-state index contributed by atoms with van der Waals surface area (Å²) in [5.41, 5.74) is 2.38. The first kappa shape index (κ1) is 14.3. The van der Waals surface area contributed by atoms with Gasteiger partial charge in [0.05, 0.1) is 5.69 Å². The molecule has 0 spiro atoms. The van der Waals surface area contributed by atoms with Crippen LogP contribution in [0, 0.1) is 5.92 Å². The van der Waals surface area contributed by atoms with Crippen molar-refractivity contribution in [2.24, 2.45) is 5.92 Å². The summed E-state index contributed by atoms with van der Waals surface area (Å²) in [6, 6.07) is 4.22. The maximum absolute atomic E-state index is 4.49. The molecule has 106 valence electrons. The van der Waals surface area contributed by atoms with Crippen molar-refractivity contribution in [3.8, 4) is 0 Å². The second-order valence-corrected chi connectivity index (χ2v) is 5.57. The van der Waals surface area contributed by atoms with Crippen molar-refractivity contribution in [3.05, 3.63) is 24.0 Å². The van der Waals surface area contributed by atoms with Crippen LogP contribution in [-0.2, 0) is 6.54 Å². The second-order valence-electron chi connectivity index (χ2n) is 5.57. The van der Waals surface area contributed by atoms with Crippen molar-refractivity contribution in [1.82, 2.24) is 9.88 Å². The number of rotatable bonds is 6. The molecular formula is C16H27N3. The average Bonchev–Trinajstić information content (AvgIpc) is 2.42. The summed E-state index contributed by atoms with van der Waals surface area (Å²) in [6.07, 6.45) is 7.37. The van der Waals surface area contributed by atoms with Crippen molar-refractivity contribution >= 4 is 5.69 Å². The van der Waals surface area contributed by atoms with Gasteiger partial charge in [-0.15, -0.1) is 0 Å². The lowest BCUT2D eigenvalue weighted by Crippen LogP contribution is -2.33. The van der Waals surface area contributed by atoms with Gasteiger partial charge in [0.15, 0.2) is 0 Å². The number of nitrogens with one attached hydrogen (secondary N) is 1. The van der Waals surface area contributed by atoms with Crippen molar-refractivity contribution < 1.29 is 0 Å². The fourth-order valence-corrected chi connectivity index (χ4v) is 2.95. The van der Waals surface area contributed by atoms with Gasteiger partial charge in [0.2, 0.25) is 0 Å². The van der Waals surface area contributed by atoms with Gasteiger partial charge in [-0.25, -0.2) is 0 Å². The Morgan fingerprint density at radius 3 is 2.79 bits per heavy atom. The van der Waals surface area contributed by atoms with Gasteiger partial charge in [-0.05, 0) is 50.9 Å². The summed E-state index contributed by atoms with van der Waals surface area (Å²) in [4.78, 5) is 7.04. The molecule has 0 aliphatic carbocycles. The Balaban J connectivity index is 1.83. The molecule has 2 heterocycles. The second kappa shape index (κ2) is 7.49. The van der Waals surface area contributed by atoms with Crippen LogP contribution in [0.1, 0.15) is 45.2 Å². The maximum Gasteiger partial charge on any atom is 0.0564 e. The first-order valence-electron chi connectivity index (χ1n) is 7.73. The molecule has 0 aromatic carbocycles. The largest absolute Gasteiger partial charge is 0.385 e. The van der Waals surface area contributed by atoms with Gasteiger partial charge in [0.1, 0.15) is 0 Å². The highest BCUT2D eigenvalue weighted by atomic mass is 15.1. The summed E-state index contributed by atoms with van der Waals surface area (Å²) in [5, 5.41) is 3.35. The van der Waals surface area contributed by atoms with Crippen LogP contribution >= 0.6 is 0 Å². The number of anilines is 1. The third kappa shape index (κ3) is 4.50. The number of nitrogens with zero attached hydrogens (tertiary/aromatic N) is 2. The Bertz CT molecular complexity index is 370. The van der Waals surface area contributed by atoms with Gasteiger partial charge in [-0.3, -0.25) is 9.88 Å². The van der Waals surface area contributed by atoms with E-state index in [-0.39, 0.29) is 0 Å². The summed E-state index contributed by atoms with van der Waals surface area (Å²) in [5.74, 6) is 0.960. The van der Waals surface area contributed by atoms with Crippen LogP contribution < -0.4 is 5.32 Å². The Labute approximate surface area is 117 Å². The third-order valence-electron chi connectivity index (χ3n) is 3.99. The number of piperidine rings is 1. The van der Waals surface area contributed by atoms with Gasteiger partial charge in [0, 0.05) is 25.0 Å². The summed E-state index contributed by atoms with van der Waals surface area (Å²) >= 11 is 0. The molecule has 1 aromatic heterocycles. The van der Waals surface area contributed by atoms with Gasteiger partial charge >= 0.3 is 0 Å². The van der Waals surface area contributed by atoms with E-state index in [4.69, 9.17) is 0 Å². The molecule has 0 saturated carbocycles. The fourth-order valence-electron chi connectivity index (χ4n) is 2.95. The van der Waals surface area contributed by atoms with Crippen LogP contribution in [-0.4, -0.2) is 29.5 Å². The number of hydrogen-bond donors (Lipinski definition) is 1. The normalized spacial score (nSPS) is 17.6. The lowest BCUT2D eigenvalue weighted by atomic mass is 9.92. The summed E-state index contributed by atoms with van der Waals surface area (Å²) in [7, 11) is 0. The minimum absolute atomic E-state index is 0.960. The third-order valence-corrected chi connectivity index (χ3v) is 3.99. The lowest BCUT2D eigenvalue weighted by molar-refractivity contribution is 0.170. The molecule has 0 bridgehead atoms. The molecule has 0 atom stereocenters. The van der Waals surface area contributed by atoms with Crippen LogP contribution in [0.15, 0.2) is 18.3 Å². The molecule has 19 heavy (non-hydrogen) atoms. The molecule has 1 aliphatic rings. The first-order chi connectivity index (χ1) is 9.31. The maximum atomic E-state index is 4.49. The zero-order valence-electron chi connectivity index (χ0n) is 12.4.